The molecule has 2 atom stereocenters. The van der Waals surface area contributed by atoms with Gasteiger partial charge in [0.15, 0.2) is 0 Å². The van der Waals surface area contributed by atoms with Crippen molar-refractivity contribution in [2.24, 2.45) is 5.92 Å². The van der Waals surface area contributed by atoms with Gasteiger partial charge in [-0.15, -0.1) is 0 Å². The van der Waals surface area contributed by atoms with E-state index >= 15 is 0 Å². The molecule has 0 amide bonds. The summed E-state index contributed by atoms with van der Waals surface area (Å²) in [6.07, 6.45) is 2.02. The molecule has 1 aromatic rings. The van der Waals surface area contributed by atoms with Gasteiger partial charge in [-0.3, -0.25) is 0 Å². The molecule has 2 nitrogen and oxygen atoms in total. The molecule has 1 aliphatic rings. The Labute approximate surface area is 119 Å². The monoisotopic (exact) mass is 287 g/mol. The van der Waals surface area contributed by atoms with Crippen LogP contribution in [0.5, 0.6) is 0 Å². The van der Waals surface area contributed by atoms with Crippen LogP contribution < -0.4 is 5.32 Å². The van der Waals surface area contributed by atoms with Crippen molar-refractivity contribution in [1.82, 2.24) is 5.32 Å². The first-order valence-corrected chi connectivity index (χ1v) is 7.22. The molecule has 1 fully saturated rings. The zero-order valence-corrected chi connectivity index (χ0v) is 12.1. The molecule has 1 aromatic carbocycles. The molecule has 0 saturated carbocycles. The van der Waals surface area contributed by atoms with Crippen LogP contribution in [0.4, 0.5) is 0 Å². The summed E-state index contributed by atoms with van der Waals surface area (Å²) in [5.41, 5.74) is 1.11. The van der Waals surface area contributed by atoms with Gasteiger partial charge in [-0.2, -0.15) is 0 Å². The molecule has 0 aromatic heterocycles. The summed E-state index contributed by atoms with van der Waals surface area (Å²) >= 11 is 12.3. The van der Waals surface area contributed by atoms with Gasteiger partial charge in [0.05, 0.1) is 16.7 Å². The standard InChI is InChI=1S/C14H19Cl2NO/c1-2-17-13(11-6-7-18-9-11)8-10-4-3-5-12(15)14(10)16/h3-5,11,13,17H,2,6-9H2,1H3. The molecule has 1 saturated heterocycles. The second-order valence-corrected chi connectivity index (χ2v) is 5.49. The molecule has 1 heterocycles. The largest absolute Gasteiger partial charge is 0.381 e. The van der Waals surface area contributed by atoms with Crippen LogP contribution >= 0.6 is 23.2 Å². The second kappa shape index (κ2) is 6.76. The molecule has 0 radical (unpaired) electrons. The minimum atomic E-state index is 0.411. The van der Waals surface area contributed by atoms with E-state index in [1.807, 2.05) is 18.2 Å². The van der Waals surface area contributed by atoms with Crippen molar-refractivity contribution in [3.63, 3.8) is 0 Å². The fourth-order valence-electron chi connectivity index (χ4n) is 2.48. The average molecular weight is 288 g/mol. The summed E-state index contributed by atoms with van der Waals surface area (Å²) in [5, 5.41) is 4.85. The highest BCUT2D eigenvalue weighted by molar-refractivity contribution is 6.42. The maximum absolute atomic E-state index is 6.25. The molecule has 4 heteroatoms. The van der Waals surface area contributed by atoms with Crippen LogP contribution in [0.15, 0.2) is 18.2 Å². The van der Waals surface area contributed by atoms with E-state index in [0.29, 0.717) is 22.0 Å². The highest BCUT2D eigenvalue weighted by Crippen LogP contribution is 2.28. The minimum Gasteiger partial charge on any atom is -0.381 e. The third-order valence-corrected chi connectivity index (χ3v) is 4.33. The lowest BCUT2D eigenvalue weighted by atomic mass is 9.93. The first-order valence-electron chi connectivity index (χ1n) is 6.46. The van der Waals surface area contributed by atoms with Crippen molar-refractivity contribution < 1.29 is 4.74 Å². The third kappa shape index (κ3) is 3.39. The van der Waals surface area contributed by atoms with Crippen molar-refractivity contribution in [3.8, 4) is 0 Å². The van der Waals surface area contributed by atoms with E-state index < -0.39 is 0 Å². The normalized spacial score (nSPS) is 21.2. The SMILES string of the molecule is CCNC(Cc1cccc(Cl)c1Cl)C1CCOC1. The Kier molecular flexibility index (Phi) is 5.31. The Morgan fingerprint density at radius 1 is 1.44 bits per heavy atom. The van der Waals surface area contributed by atoms with E-state index in [9.17, 15) is 0 Å². The lowest BCUT2D eigenvalue weighted by molar-refractivity contribution is 0.176. The van der Waals surface area contributed by atoms with E-state index in [-0.39, 0.29) is 0 Å². The Balaban J connectivity index is 2.10. The van der Waals surface area contributed by atoms with E-state index in [1.165, 1.54) is 0 Å². The first-order chi connectivity index (χ1) is 8.72. The summed E-state index contributed by atoms with van der Waals surface area (Å²) in [5.74, 6) is 0.569. The molecule has 0 bridgehead atoms. The van der Waals surface area contributed by atoms with E-state index in [1.54, 1.807) is 0 Å². The Bertz CT molecular complexity index is 391. The quantitative estimate of drug-likeness (QED) is 0.894. The summed E-state index contributed by atoms with van der Waals surface area (Å²) < 4.78 is 5.48. The number of rotatable bonds is 5. The van der Waals surface area contributed by atoms with Crippen LogP contribution in [0.3, 0.4) is 0 Å². The fraction of sp³-hybridized carbons (Fsp3) is 0.571. The van der Waals surface area contributed by atoms with Crippen molar-refractivity contribution in [2.45, 2.75) is 25.8 Å². The second-order valence-electron chi connectivity index (χ2n) is 4.70. The van der Waals surface area contributed by atoms with E-state index in [0.717, 1.165) is 38.2 Å². The molecule has 1 N–H and O–H groups in total. The summed E-state index contributed by atoms with van der Waals surface area (Å²) in [4.78, 5) is 0. The van der Waals surface area contributed by atoms with Gasteiger partial charge >= 0.3 is 0 Å². The van der Waals surface area contributed by atoms with Gasteiger partial charge < -0.3 is 10.1 Å². The molecular formula is C14H19Cl2NO. The van der Waals surface area contributed by atoms with Crippen LogP contribution in [-0.2, 0) is 11.2 Å². The number of hydrogen-bond acceptors (Lipinski definition) is 2. The third-order valence-electron chi connectivity index (χ3n) is 3.47. The molecule has 1 aliphatic heterocycles. The predicted molar refractivity (Wildman–Crippen MR) is 76.6 cm³/mol. The van der Waals surface area contributed by atoms with Gasteiger partial charge in [-0.1, -0.05) is 42.3 Å². The Morgan fingerprint density at radius 2 is 2.28 bits per heavy atom. The van der Waals surface area contributed by atoms with Crippen LogP contribution in [0.1, 0.15) is 18.9 Å². The summed E-state index contributed by atoms with van der Waals surface area (Å²) in [6.45, 7) is 4.80. The lowest BCUT2D eigenvalue weighted by Crippen LogP contribution is -2.38. The van der Waals surface area contributed by atoms with Crippen LogP contribution in [0, 0.1) is 5.92 Å². The van der Waals surface area contributed by atoms with Crippen molar-refractivity contribution in [3.05, 3.63) is 33.8 Å². The summed E-state index contributed by atoms with van der Waals surface area (Å²) in [6, 6.07) is 6.24. The predicted octanol–water partition coefficient (Wildman–Crippen LogP) is 3.55. The number of benzene rings is 1. The van der Waals surface area contributed by atoms with Gasteiger partial charge in [0.2, 0.25) is 0 Å². The van der Waals surface area contributed by atoms with Crippen molar-refractivity contribution >= 4 is 23.2 Å². The van der Waals surface area contributed by atoms with Crippen molar-refractivity contribution in [2.75, 3.05) is 19.8 Å². The van der Waals surface area contributed by atoms with Crippen LogP contribution in [-0.4, -0.2) is 25.8 Å². The molecular weight excluding hydrogens is 269 g/mol. The van der Waals surface area contributed by atoms with Crippen LogP contribution in [0.25, 0.3) is 0 Å². The molecule has 0 spiro atoms. The van der Waals surface area contributed by atoms with Crippen molar-refractivity contribution in [1.29, 1.82) is 0 Å². The van der Waals surface area contributed by atoms with Gasteiger partial charge in [-0.05, 0) is 31.0 Å². The fourth-order valence-corrected chi connectivity index (χ4v) is 2.88. The number of nitrogens with one attached hydrogen (secondary N) is 1. The Hall–Kier alpha value is -0.280. The maximum Gasteiger partial charge on any atom is 0.0624 e. The number of hydrogen-bond donors (Lipinski definition) is 1. The molecule has 18 heavy (non-hydrogen) atoms. The zero-order valence-electron chi connectivity index (χ0n) is 10.6. The first kappa shape index (κ1) is 14.1. The average Bonchev–Trinajstić information content (AvgIpc) is 2.88. The van der Waals surface area contributed by atoms with E-state index in [2.05, 4.69) is 12.2 Å². The van der Waals surface area contributed by atoms with E-state index in [4.69, 9.17) is 27.9 Å². The van der Waals surface area contributed by atoms with Gasteiger partial charge in [0, 0.05) is 18.6 Å². The van der Waals surface area contributed by atoms with Crippen LogP contribution in [0.2, 0.25) is 10.0 Å². The molecule has 2 unspecified atom stereocenters. The minimum absolute atomic E-state index is 0.411. The Morgan fingerprint density at radius 3 is 2.94 bits per heavy atom. The molecule has 100 valence electrons. The highest BCUT2D eigenvalue weighted by Gasteiger charge is 2.25. The highest BCUT2D eigenvalue weighted by atomic mass is 35.5. The van der Waals surface area contributed by atoms with Gasteiger partial charge in [0.25, 0.3) is 0 Å². The van der Waals surface area contributed by atoms with Gasteiger partial charge in [-0.25, -0.2) is 0 Å². The zero-order chi connectivity index (χ0) is 13.0. The number of likely N-dealkylation sites (N-methyl/N-ethyl adjacent to an activating group) is 1. The number of ether oxygens (including phenoxy) is 1. The molecule has 0 aliphatic carbocycles. The lowest BCUT2D eigenvalue weighted by Gasteiger charge is -2.24. The maximum atomic E-state index is 6.25. The smallest absolute Gasteiger partial charge is 0.0624 e. The topological polar surface area (TPSA) is 21.3 Å². The summed E-state index contributed by atoms with van der Waals surface area (Å²) in [7, 11) is 0. The molecule has 2 rings (SSSR count). The number of halogens is 2. The van der Waals surface area contributed by atoms with Gasteiger partial charge in [0.1, 0.15) is 0 Å².